The number of rotatable bonds is 4. The Labute approximate surface area is 117 Å². The molecule has 0 radical (unpaired) electrons. The standard InChI is InChI=1S/C15H24N2.ClH/c1-3-13-4-6-14(7-5-13)10-17-9-8-15(11-17)12(2)16;/h4-7,12,15H,3,8-11,16H2,1-2H3;1H. The Hall–Kier alpha value is -0.570. The largest absolute Gasteiger partial charge is 0.328 e. The van der Waals surface area contributed by atoms with Gasteiger partial charge in [0.1, 0.15) is 0 Å². The number of hydrogen-bond donors (Lipinski definition) is 1. The Kier molecular flexibility index (Phi) is 6.13. The van der Waals surface area contributed by atoms with E-state index in [9.17, 15) is 0 Å². The summed E-state index contributed by atoms with van der Waals surface area (Å²) in [6.07, 6.45) is 2.38. The monoisotopic (exact) mass is 268 g/mol. The van der Waals surface area contributed by atoms with Crippen molar-refractivity contribution in [1.82, 2.24) is 4.90 Å². The summed E-state index contributed by atoms with van der Waals surface area (Å²) >= 11 is 0. The molecule has 0 spiro atoms. The molecule has 3 heteroatoms. The molecule has 1 heterocycles. The number of likely N-dealkylation sites (tertiary alicyclic amines) is 1. The molecule has 0 aliphatic carbocycles. The molecule has 1 fully saturated rings. The minimum absolute atomic E-state index is 0. The zero-order valence-electron chi connectivity index (χ0n) is 11.4. The highest BCUT2D eigenvalue weighted by molar-refractivity contribution is 5.85. The van der Waals surface area contributed by atoms with Gasteiger partial charge in [0.25, 0.3) is 0 Å². The molecule has 0 amide bonds. The Morgan fingerprint density at radius 1 is 1.28 bits per heavy atom. The molecule has 2 atom stereocenters. The lowest BCUT2D eigenvalue weighted by Gasteiger charge is -2.18. The van der Waals surface area contributed by atoms with Gasteiger partial charge in [-0.2, -0.15) is 0 Å². The normalized spacial score (nSPS) is 21.6. The van der Waals surface area contributed by atoms with Crippen molar-refractivity contribution in [3.05, 3.63) is 35.4 Å². The molecule has 2 unspecified atom stereocenters. The van der Waals surface area contributed by atoms with Gasteiger partial charge in [0.05, 0.1) is 0 Å². The number of halogens is 1. The lowest BCUT2D eigenvalue weighted by molar-refractivity contribution is 0.308. The predicted octanol–water partition coefficient (Wildman–Crippen LogP) is 2.84. The van der Waals surface area contributed by atoms with Crippen LogP contribution in [0.3, 0.4) is 0 Å². The quantitative estimate of drug-likeness (QED) is 0.910. The maximum Gasteiger partial charge on any atom is 0.0233 e. The third-order valence-corrected chi connectivity index (χ3v) is 3.89. The lowest BCUT2D eigenvalue weighted by atomic mass is 10.0. The van der Waals surface area contributed by atoms with E-state index in [1.54, 1.807) is 0 Å². The zero-order valence-corrected chi connectivity index (χ0v) is 12.2. The fourth-order valence-electron chi connectivity index (χ4n) is 2.57. The fourth-order valence-corrected chi connectivity index (χ4v) is 2.57. The second kappa shape index (κ2) is 7.13. The van der Waals surface area contributed by atoms with Crippen molar-refractivity contribution < 1.29 is 0 Å². The SMILES string of the molecule is CCc1ccc(CN2CCC(C(C)N)C2)cc1.Cl. The molecule has 18 heavy (non-hydrogen) atoms. The van der Waals surface area contributed by atoms with E-state index in [0.29, 0.717) is 12.0 Å². The maximum absolute atomic E-state index is 5.96. The van der Waals surface area contributed by atoms with E-state index in [2.05, 4.69) is 43.0 Å². The highest BCUT2D eigenvalue weighted by atomic mass is 35.5. The number of nitrogens with two attached hydrogens (primary N) is 1. The molecule has 2 N–H and O–H groups in total. The van der Waals surface area contributed by atoms with Crippen LogP contribution in [-0.4, -0.2) is 24.0 Å². The molecular weight excluding hydrogens is 244 g/mol. The van der Waals surface area contributed by atoms with Crippen LogP contribution >= 0.6 is 12.4 Å². The summed E-state index contributed by atoms with van der Waals surface area (Å²) in [4.78, 5) is 2.52. The first-order valence-electron chi connectivity index (χ1n) is 6.74. The van der Waals surface area contributed by atoms with E-state index < -0.39 is 0 Å². The van der Waals surface area contributed by atoms with E-state index in [-0.39, 0.29) is 12.4 Å². The molecule has 2 rings (SSSR count). The van der Waals surface area contributed by atoms with Crippen LogP contribution < -0.4 is 5.73 Å². The highest BCUT2D eigenvalue weighted by Crippen LogP contribution is 2.20. The molecule has 1 saturated heterocycles. The van der Waals surface area contributed by atoms with Crippen molar-refractivity contribution in [2.75, 3.05) is 13.1 Å². The Morgan fingerprint density at radius 2 is 1.89 bits per heavy atom. The summed E-state index contributed by atoms with van der Waals surface area (Å²) in [5.41, 5.74) is 8.81. The first kappa shape index (κ1) is 15.5. The molecule has 0 aromatic heterocycles. The fraction of sp³-hybridized carbons (Fsp3) is 0.600. The van der Waals surface area contributed by atoms with Gasteiger partial charge in [-0.1, -0.05) is 31.2 Å². The molecule has 2 nitrogen and oxygen atoms in total. The number of aryl methyl sites for hydroxylation is 1. The van der Waals surface area contributed by atoms with Crippen molar-refractivity contribution in [1.29, 1.82) is 0 Å². The van der Waals surface area contributed by atoms with Crippen LogP contribution in [0.4, 0.5) is 0 Å². The molecule has 1 aromatic rings. The van der Waals surface area contributed by atoms with Gasteiger partial charge in [0.15, 0.2) is 0 Å². The second-order valence-corrected chi connectivity index (χ2v) is 5.31. The van der Waals surface area contributed by atoms with Crippen LogP contribution in [0.5, 0.6) is 0 Å². The minimum Gasteiger partial charge on any atom is -0.328 e. The number of benzene rings is 1. The highest BCUT2D eigenvalue weighted by Gasteiger charge is 2.24. The van der Waals surface area contributed by atoms with Crippen LogP contribution in [0.25, 0.3) is 0 Å². The number of hydrogen-bond acceptors (Lipinski definition) is 2. The van der Waals surface area contributed by atoms with Gasteiger partial charge >= 0.3 is 0 Å². The maximum atomic E-state index is 5.96. The summed E-state index contributed by atoms with van der Waals surface area (Å²) in [5, 5.41) is 0. The predicted molar refractivity (Wildman–Crippen MR) is 80.1 cm³/mol. The molecular formula is C15H25ClN2. The van der Waals surface area contributed by atoms with Crippen molar-refractivity contribution in [2.24, 2.45) is 11.7 Å². The lowest BCUT2D eigenvalue weighted by Crippen LogP contribution is -2.29. The molecule has 0 saturated carbocycles. The van der Waals surface area contributed by atoms with Crippen LogP contribution in [0.2, 0.25) is 0 Å². The van der Waals surface area contributed by atoms with E-state index in [0.717, 1.165) is 19.5 Å². The van der Waals surface area contributed by atoms with Gasteiger partial charge in [0, 0.05) is 19.1 Å². The van der Waals surface area contributed by atoms with Crippen molar-refractivity contribution in [3.63, 3.8) is 0 Å². The molecule has 0 bridgehead atoms. The van der Waals surface area contributed by atoms with Gasteiger partial charge in [-0.15, -0.1) is 12.4 Å². The summed E-state index contributed by atoms with van der Waals surface area (Å²) in [6, 6.07) is 9.35. The van der Waals surface area contributed by atoms with Gasteiger partial charge in [-0.3, -0.25) is 4.90 Å². The first-order valence-corrected chi connectivity index (χ1v) is 6.74. The van der Waals surface area contributed by atoms with Crippen LogP contribution in [0.1, 0.15) is 31.4 Å². The Bertz CT molecular complexity index is 348. The summed E-state index contributed by atoms with van der Waals surface area (Å²) < 4.78 is 0. The van der Waals surface area contributed by atoms with Crippen LogP contribution in [0, 0.1) is 5.92 Å². The van der Waals surface area contributed by atoms with Crippen molar-refractivity contribution >= 4 is 12.4 Å². The Morgan fingerprint density at radius 3 is 2.39 bits per heavy atom. The molecule has 1 aliphatic heterocycles. The van der Waals surface area contributed by atoms with E-state index >= 15 is 0 Å². The van der Waals surface area contributed by atoms with Gasteiger partial charge in [0.2, 0.25) is 0 Å². The average molecular weight is 269 g/mol. The average Bonchev–Trinajstić information content (AvgIpc) is 2.79. The van der Waals surface area contributed by atoms with E-state index in [1.165, 1.54) is 24.1 Å². The third-order valence-electron chi connectivity index (χ3n) is 3.89. The Balaban J connectivity index is 0.00000162. The third kappa shape index (κ3) is 3.98. The van der Waals surface area contributed by atoms with Gasteiger partial charge in [-0.05, 0) is 43.4 Å². The molecule has 1 aromatic carbocycles. The smallest absolute Gasteiger partial charge is 0.0233 e. The molecule has 1 aliphatic rings. The minimum atomic E-state index is 0. The van der Waals surface area contributed by atoms with Gasteiger partial charge < -0.3 is 5.73 Å². The summed E-state index contributed by atoms with van der Waals surface area (Å²) in [6.45, 7) is 7.76. The van der Waals surface area contributed by atoms with E-state index in [1.807, 2.05) is 0 Å². The number of nitrogens with zero attached hydrogens (tertiary/aromatic N) is 1. The zero-order chi connectivity index (χ0) is 12.3. The molecule has 102 valence electrons. The van der Waals surface area contributed by atoms with Crippen LogP contribution in [-0.2, 0) is 13.0 Å². The van der Waals surface area contributed by atoms with Crippen LogP contribution in [0.15, 0.2) is 24.3 Å². The van der Waals surface area contributed by atoms with Gasteiger partial charge in [-0.25, -0.2) is 0 Å². The topological polar surface area (TPSA) is 29.3 Å². The van der Waals surface area contributed by atoms with Crippen molar-refractivity contribution in [3.8, 4) is 0 Å². The summed E-state index contributed by atoms with van der Waals surface area (Å²) in [7, 11) is 0. The van der Waals surface area contributed by atoms with Crippen molar-refractivity contribution in [2.45, 2.75) is 39.3 Å². The summed E-state index contributed by atoms with van der Waals surface area (Å²) in [5.74, 6) is 0.685. The second-order valence-electron chi connectivity index (χ2n) is 5.31. The first-order chi connectivity index (χ1) is 8.19. The van der Waals surface area contributed by atoms with E-state index in [4.69, 9.17) is 5.73 Å².